The summed E-state index contributed by atoms with van der Waals surface area (Å²) in [6, 6.07) is 4.15. The minimum absolute atomic E-state index is 0.506. The number of ether oxygens (including phenoxy) is 1. The average Bonchev–Trinajstić information content (AvgIpc) is 2.54. The zero-order valence-corrected chi connectivity index (χ0v) is 15.8. The first-order valence-corrected chi connectivity index (χ1v) is 9.04. The molecule has 3 N–H and O–H groups in total. The first kappa shape index (κ1) is 19.3. The third-order valence-electron chi connectivity index (χ3n) is 4.66. The number of nitrogens with zero attached hydrogens (tertiary/aromatic N) is 2. The number of methoxy groups -OCH3 is 1. The Kier molecular flexibility index (Phi) is 6.75. The lowest BCUT2D eigenvalue weighted by atomic mass is 10.0. The third-order valence-corrected chi connectivity index (χ3v) is 4.94. The summed E-state index contributed by atoms with van der Waals surface area (Å²) in [5.41, 5.74) is 7.13. The Morgan fingerprint density at radius 3 is 2.50 bits per heavy atom. The highest BCUT2D eigenvalue weighted by Crippen LogP contribution is 2.37. The van der Waals surface area contributed by atoms with Crippen LogP contribution in [0.4, 0.5) is 5.69 Å². The van der Waals surface area contributed by atoms with E-state index in [1.54, 1.807) is 7.11 Å². The molecule has 0 bridgehead atoms. The van der Waals surface area contributed by atoms with Crippen LogP contribution in [0.25, 0.3) is 0 Å². The summed E-state index contributed by atoms with van der Waals surface area (Å²) in [7, 11) is 1.66. The van der Waals surface area contributed by atoms with Crippen molar-refractivity contribution in [1.82, 2.24) is 4.90 Å². The van der Waals surface area contributed by atoms with E-state index in [2.05, 4.69) is 22.8 Å². The van der Waals surface area contributed by atoms with Gasteiger partial charge in [-0.25, -0.2) is 0 Å². The molecule has 0 unspecified atom stereocenters. The van der Waals surface area contributed by atoms with Crippen LogP contribution in [-0.2, 0) is 6.42 Å². The van der Waals surface area contributed by atoms with Gasteiger partial charge in [-0.3, -0.25) is 4.90 Å². The van der Waals surface area contributed by atoms with Crippen molar-refractivity contribution in [2.45, 2.75) is 32.3 Å². The second-order valence-electron chi connectivity index (χ2n) is 6.78. The summed E-state index contributed by atoms with van der Waals surface area (Å²) >= 11 is 6.38. The second kappa shape index (κ2) is 8.39. The molecule has 1 saturated heterocycles. The van der Waals surface area contributed by atoms with Crippen molar-refractivity contribution in [3.63, 3.8) is 0 Å². The van der Waals surface area contributed by atoms with E-state index in [-0.39, 0.29) is 0 Å². The standard InChI is InChI=1S/C18H30ClN3O2/c1-4-14-11-15(19)17(24-3)16(12-14)22-9-7-21(8-10-22)13-18(2,23)5-6-20/h11-12,23H,4-10,13,20H2,1-3H3/t18-/m0/s1. The Hall–Kier alpha value is -1.01. The Morgan fingerprint density at radius 2 is 1.96 bits per heavy atom. The molecule has 5 nitrogen and oxygen atoms in total. The van der Waals surface area contributed by atoms with Gasteiger partial charge in [0.05, 0.1) is 23.4 Å². The number of halogens is 1. The van der Waals surface area contributed by atoms with E-state index >= 15 is 0 Å². The fourth-order valence-electron chi connectivity index (χ4n) is 3.29. The van der Waals surface area contributed by atoms with Crippen LogP contribution >= 0.6 is 11.6 Å². The molecule has 1 aromatic rings. The lowest BCUT2D eigenvalue weighted by Gasteiger charge is -2.39. The molecular weight excluding hydrogens is 326 g/mol. The number of aryl methyl sites for hydroxylation is 1. The Morgan fingerprint density at radius 1 is 1.29 bits per heavy atom. The third kappa shape index (κ3) is 4.76. The maximum absolute atomic E-state index is 10.4. The molecule has 0 radical (unpaired) electrons. The maximum atomic E-state index is 10.4. The van der Waals surface area contributed by atoms with Crippen molar-refractivity contribution >= 4 is 17.3 Å². The molecule has 6 heteroatoms. The van der Waals surface area contributed by atoms with E-state index in [9.17, 15) is 5.11 Å². The van der Waals surface area contributed by atoms with E-state index < -0.39 is 5.60 Å². The summed E-state index contributed by atoms with van der Waals surface area (Å²) in [6.07, 6.45) is 1.56. The summed E-state index contributed by atoms with van der Waals surface area (Å²) in [5, 5.41) is 11.0. The number of nitrogens with two attached hydrogens (primary N) is 1. The van der Waals surface area contributed by atoms with Gasteiger partial charge in [-0.1, -0.05) is 18.5 Å². The van der Waals surface area contributed by atoms with Crippen LogP contribution in [0.15, 0.2) is 12.1 Å². The molecule has 1 heterocycles. The van der Waals surface area contributed by atoms with Crippen molar-refractivity contribution in [3.05, 3.63) is 22.7 Å². The molecule has 0 amide bonds. The molecular formula is C18H30ClN3O2. The van der Waals surface area contributed by atoms with Gasteiger partial charge < -0.3 is 20.5 Å². The van der Waals surface area contributed by atoms with Gasteiger partial charge >= 0.3 is 0 Å². The number of β-amino-alcohol motifs (C(OH)–C–C–N with tert-alkyl or cyclic N) is 1. The van der Waals surface area contributed by atoms with Crippen LogP contribution in [0, 0.1) is 0 Å². The number of aliphatic hydroxyl groups is 1. The zero-order chi connectivity index (χ0) is 17.7. The first-order chi connectivity index (χ1) is 11.4. The number of rotatable bonds is 7. The molecule has 0 saturated carbocycles. The van der Waals surface area contributed by atoms with Gasteiger partial charge in [-0.2, -0.15) is 0 Å². The molecule has 24 heavy (non-hydrogen) atoms. The van der Waals surface area contributed by atoms with Crippen LogP contribution in [-0.4, -0.2) is 62.0 Å². The van der Waals surface area contributed by atoms with E-state index in [0.717, 1.165) is 44.0 Å². The molecule has 136 valence electrons. The average molecular weight is 356 g/mol. The van der Waals surface area contributed by atoms with Gasteiger partial charge in [0.1, 0.15) is 0 Å². The number of benzene rings is 1. The van der Waals surface area contributed by atoms with Crippen molar-refractivity contribution in [1.29, 1.82) is 0 Å². The van der Waals surface area contributed by atoms with Crippen LogP contribution in [0.2, 0.25) is 5.02 Å². The van der Waals surface area contributed by atoms with Gasteiger partial charge in [0.15, 0.2) is 5.75 Å². The van der Waals surface area contributed by atoms with Crippen molar-refractivity contribution < 1.29 is 9.84 Å². The SMILES string of the molecule is CCc1cc(Cl)c(OC)c(N2CCN(C[C@@](C)(O)CCN)CC2)c1. The fourth-order valence-corrected chi connectivity index (χ4v) is 3.61. The first-order valence-electron chi connectivity index (χ1n) is 8.66. The van der Waals surface area contributed by atoms with Crippen LogP contribution in [0.5, 0.6) is 5.75 Å². The predicted octanol–water partition coefficient (Wildman–Crippen LogP) is 2.13. The van der Waals surface area contributed by atoms with Gasteiger partial charge in [0, 0.05) is 32.7 Å². The largest absolute Gasteiger partial charge is 0.493 e. The van der Waals surface area contributed by atoms with Gasteiger partial charge in [-0.15, -0.1) is 0 Å². The van der Waals surface area contributed by atoms with E-state index in [0.29, 0.717) is 24.5 Å². The number of piperazine rings is 1. The molecule has 0 aromatic heterocycles. The lowest BCUT2D eigenvalue weighted by Crippen LogP contribution is -2.51. The summed E-state index contributed by atoms with van der Waals surface area (Å²) in [5.74, 6) is 0.748. The molecule has 0 spiro atoms. The quantitative estimate of drug-likeness (QED) is 0.784. The molecule has 1 aliphatic rings. The summed E-state index contributed by atoms with van der Waals surface area (Å²) < 4.78 is 5.53. The highest BCUT2D eigenvalue weighted by molar-refractivity contribution is 6.32. The van der Waals surface area contributed by atoms with Crippen molar-refractivity contribution in [3.8, 4) is 5.75 Å². The highest BCUT2D eigenvalue weighted by Gasteiger charge is 2.27. The summed E-state index contributed by atoms with van der Waals surface area (Å²) in [6.45, 7) is 8.73. The minimum atomic E-state index is -0.722. The van der Waals surface area contributed by atoms with Crippen LogP contribution < -0.4 is 15.4 Å². The number of hydrogen-bond acceptors (Lipinski definition) is 5. The molecule has 1 aromatic carbocycles. The molecule has 1 aliphatic heterocycles. The number of anilines is 1. The normalized spacial score (nSPS) is 18.5. The molecule has 0 aliphatic carbocycles. The lowest BCUT2D eigenvalue weighted by molar-refractivity contribution is 0.0130. The summed E-state index contributed by atoms with van der Waals surface area (Å²) in [4.78, 5) is 4.61. The van der Waals surface area contributed by atoms with E-state index in [1.807, 2.05) is 13.0 Å². The maximum Gasteiger partial charge on any atom is 0.160 e. The van der Waals surface area contributed by atoms with E-state index in [1.165, 1.54) is 5.56 Å². The van der Waals surface area contributed by atoms with Crippen LogP contribution in [0.3, 0.4) is 0 Å². The van der Waals surface area contributed by atoms with E-state index in [4.69, 9.17) is 22.1 Å². The minimum Gasteiger partial charge on any atom is -0.493 e. The fraction of sp³-hybridized carbons (Fsp3) is 0.667. The molecule has 1 fully saturated rings. The van der Waals surface area contributed by atoms with Crippen molar-refractivity contribution in [2.24, 2.45) is 5.73 Å². The van der Waals surface area contributed by atoms with Gasteiger partial charge in [-0.05, 0) is 44.0 Å². The second-order valence-corrected chi connectivity index (χ2v) is 7.19. The monoisotopic (exact) mass is 355 g/mol. The molecule has 2 rings (SSSR count). The van der Waals surface area contributed by atoms with Gasteiger partial charge in [0.25, 0.3) is 0 Å². The smallest absolute Gasteiger partial charge is 0.160 e. The van der Waals surface area contributed by atoms with Gasteiger partial charge in [0.2, 0.25) is 0 Å². The topological polar surface area (TPSA) is 62.0 Å². The Bertz CT molecular complexity index is 543. The highest BCUT2D eigenvalue weighted by atomic mass is 35.5. The van der Waals surface area contributed by atoms with Crippen LogP contribution in [0.1, 0.15) is 25.8 Å². The van der Waals surface area contributed by atoms with Crippen molar-refractivity contribution in [2.75, 3.05) is 51.3 Å². The number of hydrogen-bond donors (Lipinski definition) is 2. The zero-order valence-electron chi connectivity index (χ0n) is 15.0. The molecule has 1 atom stereocenters. The Labute approximate surface area is 150 Å². The predicted molar refractivity (Wildman–Crippen MR) is 100 cm³/mol. The Balaban J connectivity index is 2.06.